The second kappa shape index (κ2) is 4.17. The minimum atomic E-state index is -0.261. The first-order valence-electron chi connectivity index (χ1n) is 5.03. The largest absolute Gasteiger partial charge is 0.461 e. The molecule has 2 heterocycles. The predicted octanol–water partition coefficient (Wildman–Crippen LogP) is 1.76. The molecule has 0 saturated heterocycles. The third-order valence-corrected chi connectivity index (χ3v) is 2.30. The molecule has 2 aliphatic heterocycles. The minimum Gasteiger partial charge on any atom is -0.461 e. The number of carbonyl (C=O) groups is 1. The summed E-state index contributed by atoms with van der Waals surface area (Å²) in [7, 11) is 0. The average Bonchev–Trinajstić information content (AvgIpc) is 2.28. The van der Waals surface area contributed by atoms with Crippen LogP contribution in [-0.4, -0.2) is 24.0 Å². The molecule has 0 atom stereocenters. The lowest BCUT2D eigenvalue weighted by Crippen LogP contribution is -2.30. The van der Waals surface area contributed by atoms with E-state index in [1.165, 1.54) is 0 Å². The van der Waals surface area contributed by atoms with Gasteiger partial charge in [-0.05, 0) is 25.2 Å². The van der Waals surface area contributed by atoms with E-state index >= 15 is 0 Å². The van der Waals surface area contributed by atoms with Crippen molar-refractivity contribution in [3.05, 3.63) is 47.9 Å². The van der Waals surface area contributed by atoms with Crippen LogP contribution < -0.4 is 0 Å². The van der Waals surface area contributed by atoms with Crippen molar-refractivity contribution in [3.63, 3.8) is 0 Å². The van der Waals surface area contributed by atoms with Gasteiger partial charge in [-0.1, -0.05) is 18.2 Å². The lowest BCUT2D eigenvalue weighted by Gasteiger charge is -2.29. The van der Waals surface area contributed by atoms with Crippen molar-refractivity contribution in [2.45, 2.75) is 6.92 Å². The lowest BCUT2D eigenvalue weighted by atomic mass is 10.1. The molecule has 0 aromatic carbocycles. The van der Waals surface area contributed by atoms with Crippen LogP contribution in [-0.2, 0) is 9.53 Å². The molecule has 15 heavy (non-hydrogen) atoms. The monoisotopic (exact) mass is 203 g/mol. The Morgan fingerprint density at radius 1 is 1.47 bits per heavy atom. The summed E-state index contributed by atoms with van der Waals surface area (Å²) in [6.45, 7) is 2.94. The van der Waals surface area contributed by atoms with Gasteiger partial charge in [-0.3, -0.25) is 0 Å². The zero-order valence-electron chi connectivity index (χ0n) is 8.64. The van der Waals surface area contributed by atoms with Crippen LogP contribution in [0.5, 0.6) is 0 Å². The molecule has 3 nitrogen and oxygen atoms in total. The number of rotatable bonds is 2. The number of esters is 1. The first-order chi connectivity index (χ1) is 7.33. The summed E-state index contributed by atoms with van der Waals surface area (Å²) in [5.41, 5.74) is 1.64. The maximum atomic E-state index is 11.6. The number of allylic oxidation sites excluding steroid dienone is 5. The van der Waals surface area contributed by atoms with Gasteiger partial charge >= 0.3 is 5.97 Å². The normalized spacial score (nSPS) is 18.1. The van der Waals surface area contributed by atoms with Gasteiger partial charge in [-0.15, -0.1) is 0 Å². The molecule has 0 saturated carbocycles. The number of fused-ring (bicyclic) bond motifs is 1. The fourth-order valence-corrected chi connectivity index (χ4v) is 1.62. The molecule has 0 fully saturated rings. The molecule has 3 heteroatoms. The molecule has 0 amide bonds. The Labute approximate surface area is 89.0 Å². The van der Waals surface area contributed by atoms with Gasteiger partial charge in [0.2, 0.25) is 0 Å². The molecule has 2 rings (SSSR count). The molecular weight excluding hydrogens is 190 g/mol. The van der Waals surface area contributed by atoms with Crippen LogP contribution in [0.1, 0.15) is 6.92 Å². The van der Waals surface area contributed by atoms with Gasteiger partial charge in [-0.25, -0.2) is 4.79 Å². The Hall–Kier alpha value is -1.77. The van der Waals surface area contributed by atoms with Crippen LogP contribution >= 0.6 is 0 Å². The zero-order chi connectivity index (χ0) is 10.7. The van der Waals surface area contributed by atoms with Crippen LogP contribution in [0.4, 0.5) is 0 Å². The van der Waals surface area contributed by atoms with Crippen molar-refractivity contribution in [3.8, 4) is 0 Å². The smallest absolute Gasteiger partial charge is 0.354 e. The van der Waals surface area contributed by atoms with Gasteiger partial charge in [-0.2, -0.15) is 0 Å². The highest BCUT2D eigenvalue weighted by molar-refractivity contribution is 5.89. The van der Waals surface area contributed by atoms with Gasteiger partial charge in [0.25, 0.3) is 0 Å². The van der Waals surface area contributed by atoms with Crippen LogP contribution in [0.3, 0.4) is 0 Å². The van der Waals surface area contributed by atoms with E-state index < -0.39 is 0 Å². The maximum Gasteiger partial charge on any atom is 0.354 e. The average molecular weight is 203 g/mol. The van der Waals surface area contributed by atoms with E-state index in [0.29, 0.717) is 12.3 Å². The van der Waals surface area contributed by atoms with E-state index in [1.807, 2.05) is 42.2 Å². The lowest BCUT2D eigenvalue weighted by molar-refractivity contribution is -0.140. The highest BCUT2D eigenvalue weighted by Gasteiger charge is 2.22. The van der Waals surface area contributed by atoms with E-state index in [1.54, 1.807) is 6.08 Å². The van der Waals surface area contributed by atoms with Crippen molar-refractivity contribution in [1.82, 2.24) is 4.90 Å². The van der Waals surface area contributed by atoms with E-state index in [2.05, 4.69) is 0 Å². The van der Waals surface area contributed by atoms with Gasteiger partial charge < -0.3 is 9.64 Å². The number of hydrogen-bond acceptors (Lipinski definition) is 3. The molecule has 0 unspecified atom stereocenters. The maximum absolute atomic E-state index is 11.6. The molecule has 0 bridgehead atoms. The van der Waals surface area contributed by atoms with Crippen molar-refractivity contribution in [2.24, 2.45) is 0 Å². The number of ether oxygens (including phenoxy) is 1. The molecule has 0 aliphatic carbocycles. The number of hydrogen-bond donors (Lipinski definition) is 0. The standard InChI is InChI=1S/C12H13NO2/c1-2-15-12(14)11-8-5-7-10-6-3-4-9-13(10)11/h3-8H,2,9H2,1H3. The highest BCUT2D eigenvalue weighted by Crippen LogP contribution is 2.22. The Balaban J connectivity index is 2.22. The first kappa shape index (κ1) is 9.77. The number of carbonyl (C=O) groups excluding carboxylic acids is 1. The van der Waals surface area contributed by atoms with Crippen LogP contribution in [0.15, 0.2) is 47.9 Å². The van der Waals surface area contributed by atoms with Crippen molar-refractivity contribution in [2.75, 3.05) is 13.2 Å². The van der Waals surface area contributed by atoms with Gasteiger partial charge in [0.15, 0.2) is 0 Å². The Morgan fingerprint density at radius 3 is 3.13 bits per heavy atom. The topological polar surface area (TPSA) is 29.5 Å². The molecule has 0 radical (unpaired) electrons. The summed E-state index contributed by atoms with van der Waals surface area (Å²) >= 11 is 0. The SMILES string of the molecule is CCOC(=O)C1=CC=CC2=CC=CCN21. The van der Waals surface area contributed by atoms with Gasteiger partial charge in [0, 0.05) is 12.2 Å². The van der Waals surface area contributed by atoms with Crippen LogP contribution in [0.2, 0.25) is 0 Å². The Bertz CT molecular complexity index is 388. The molecule has 0 aromatic heterocycles. The summed E-state index contributed by atoms with van der Waals surface area (Å²) in [6, 6.07) is 0. The predicted molar refractivity (Wildman–Crippen MR) is 57.8 cm³/mol. The second-order valence-corrected chi connectivity index (χ2v) is 3.26. The molecule has 78 valence electrons. The van der Waals surface area contributed by atoms with E-state index in [4.69, 9.17) is 4.74 Å². The summed E-state index contributed by atoms with van der Waals surface area (Å²) in [5.74, 6) is -0.261. The van der Waals surface area contributed by atoms with Crippen molar-refractivity contribution >= 4 is 5.97 Å². The summed E-state index contributed by atoms with van der Waals surface area (Å²) in [5, 5.41) is 0. The van der Waals surface area contributed by atoms with E-state index in [0.717, 1.165) is 12.2 Å². The Kier molecular flexibility index (Phi) is 2.72. The third kappa shape index (κ3) is 1.86. The fraction of sp³-hybridized carbons (Fsp3) is 0.250. The first-order valence-corrected chi connectivity index (χ1v) is 5.03. The molecular formula is C12H13NO2. The third-order valence-electron chi connectivity index (χ3n) is 2.30. The van der Waals surface area contributed by atoms with Crippen LogP contribution in [0, 0.1) is 0 Å². The quantitative estimate of drug-likeness (QED) is 0.640. The van der Waals surface area contributed by atoms with Crippen LogP contribution in [0.25, 0.3) is 0 Å². The van der Waals surface area contributed by atoms with Gasteiger partial charge in [0.1, 0.15) is 5.70 Å². The van der Waals surface area contributed by atoms with E-state index in [-0.39, 0.29) is 5.97 Å². The fourth-order valence-electron chi connectivity index (χ4n) is 1.62. The van der Waals surface area contributed by atoms with Gasteiger partial charge in [0.05, 0.1) is 6.61 Å². The highest BCUT2D eigenvalue weighted by atomic mass is 16.5. The molecule has 0 spiro atoms. The molecule has 0 aromatic rings. The summed E-state index contributed by atoms with van der Waals surface area (Å²) in [4.78, 5) is 13.6. The minimum absolute atomic E-state index is 0.261. The van der Waals surface area contributed by atoms with E-state index in [9.17, 15) is 4.79 Å². The number of nitrogens with zero attached hydrogens (tertiary/aromatic N) is 1. The summed E-state index contributed by atoms with van der Waals surface area (Å²) < 4.78 is 5.00. The second-order valence-electron chi connectivity index (χ2n) is 3.26. The Morgan fingerprint density at radius 2 is 2.33 bits per heavy atom. The zero-order valence-corrected chi connectivity index (χ0v) is 8.64. The van der Waals surface area contributed by atoms with Crippen molar-refractivity contribution < 1.29 is 9.53 Å². The van der Waals surface area contributed by atoms with Crippen molar-refractivity contribution in [1.29, 1.82) is 0 Å². The molecule has 0 N–H and O–H groups in total. The summed E-state index contributed by atoms with van der Waals surface area (Å²) in [6.07, 6.45) is 11.6. The molecule has 2 aliphatic rings.